The van der Waals surface area contributed by atoms with Crippen molar-refractivity contribution in [2.45, 2.75) is 38.1 Å². The molecule has 194 valence electrons. The quantitative estimate of drug-likeness (QED) is 0.201. The summed E-state index contributed by atoms with van der Waals surface area (Å²) in [6.45, 7) is 2.82. The summed E-state index contributed by atoms with van der Waals surface area (Å²) < 4.78 is 37.3. The van der Waals surface area contributed by atoms with E-state index in [4.69, 9.17) is 24.7 Å². The zero-order chi connectivity index (χ0) is 25.9. The van der Waals surface area contributed by atoms with E-state index in [1.807, 2.05) is 0 Å². The first kappa shape index (κ1) is 26.1. The Morgan fingerprint density at radius 2 is 1.89 bits per heavy atom. The Morgan fingerprint density at radius 1 is 1.19 bits per heavy atom. The van der Waals surface area contributed by atoms with E-state index in [0.29, 0.717) is 16.7 Å². The van der Waals surface area contributed by atoms with Gasteiger partial charge in [0, 0.05) is 19.6 Å². The fraction of sp³-hybridized carbons (Fsp3) is 0.455. The zero-order valence-corrected chi connectivity index (χ0v) is 20.7. The molecule has 0 amide bonds. The van der Waals surface area contributed by atoms with E-state index in [9.17, 15) is 19.1 Å². The summed E-state index contributed by atoms with van der Waals surface area (Å²) in [6.07, 6.45) is 0.984. The molecular formula is C22H28N5O8P. The molecular weight excluding hydrogens is 493 g/mol. The van der Waals surface area contributed by atoms with Gasteiger partial charge in [-0.2, -0.15) is 0 Å². The summed E-state index contributed by atoms with van der Waals surface area (Å²) >= 11 is 0. The zero-order valence-electron chi connectivity index (χ0n) is 19.8. The standard InChI is InChI=1S/C22H28N5O8P/c1-3-33-22(34-4-2,36(29,30)31)15-10-17(27-13-26-18-19(23)24-12-25-20(18)27)35-16(15)11-32-21(28)14-8-6-5-7-9-14/h5-9,12-13,15-17H,3-4,10-11H2,1-2H3,(H2,23,24,25)(H2,29,30,31)/t15-,16+,17+/m0/s1. The molecule has 0 aliphatic carbocycles. The number of nitrogens with zero attached hydrogens (tertiary/aromatic N) is 4. The lowest BCUT2D eigenvalue weighted by Gasteiger charge is -2.39. The Kier molecular flexibility index (Phi) is 7.69. The van der Waals surface area contributed by atoms with Crippen LogP contribution in [0.15, 0.2) is 43.0 Å². The fourth-order valence-corrected chi connectivity index (χ4v) is 5.69. The van der Waals surface area contributed by atoms with Gasteiger partial charge in [0.15, 0.2) is 11.5 Å². The van der Waals surface area contributed by atoms with Crippen LogP contribution in [0.3, 0.4) is 0 Å². The summed E-state index contributed by atoms with van der Waals surface area (Å²) in [6, 6.07) is 8.35. The van der Waals surface area contributed by atoms with Gasteiger partial charge in [0.2, 0.25) is 0 Å². The average Bonchev–Trinajstić information content (AvgIpc) is 3.47. The summed E-state index contributed by atoms with van der Waals surface area (Å²) in [7, 11) is -5.03. The maximum absolute atomic E-state index is 12.8. The minimum atomic E-state index is -5.03. The Hall–Kier alpha value is -2.93. The number of anilines is 1. The van der Waals surface area contributed by atoms with Gasteiger partial charge in [-0.25, -0.2) is 19.7 Å². The third-order valence-electron chi connectivity index (χ3n) is 5.90. The molecule has 0 spiro atoms. The Balaban J connectivity index is 1.70. The molecule has 0 saturated carbocycles. The highest BCUT2D eigenvalue weighted by Gasteiger charge is 2.61. The largest absolute Gasteiger partial charge is 0.459 e. The number of nitrogens with two attached hydrogens (primary N) is 1. The SMILES string of the molecule is CCOC(OCC)([C@H]1C[C@H](n2cnc3c(N)ncnc32)O[C@@H]1COC(=O)c1ccccc1)P(=O)(O)O. The summed E-state index contributed by atoms with van der Waals surface area (Å²) in [5.74, 6) is -1.46. The maximum Gasteiger partial charge on any atom is 0.385 e. The molecule has 13 nitrogen and oxygen atoms in total. The minimum Gasteiger partial charge on any atom is -0.459 e. The van der Waals surface area contributed by atoms with Gasteiger partial charge in [-0.3, -0.25) is 9.13 Å². The number of fused-ring (bicyclic) bond motifs is 1. The van der Waals surface area contributed by atoms with Crippen LogP contribution in [0.2, 0.25) is 0 Å². The van der Waals surface area contributed by atoms with E-state index in [1.165, 1.54) is 12.7 Å². The molecule has 36 heavy (non-hydrogen) atoms. The molecule has 4 rings (SSSR count). The monoisotopic (exact) mass is 521 g/mol. The van der Waals surface area contributed by atoms with Crippen molar-refractivity contribution < 1.29 is 38.1 Å². The number of carbonyl (C=O) groups is 1. The highest BCUT2D eigenvalue weighted by atomic mass is 31.2. The number of nitrogen functional groups attached to an aromatic ring is 1. The van der Waals surface area contributed by atoms with Crippen molar-refractivity contribution in [1.29, 1.82) is 0 Å². The van der Waals surface area contributed by atoms with Gasteiger partial charge in [0.1, 0.15) is 30.8 Å². The maximum atomic E-state index is 12.8. The predicted octanol–water partition coefficient (Wildman–Crippen LogP) is 2.07. The van der Waals surface area contributed by atoms with Gasteiger partial charge in [-0.15, -0.1) is 0 Å². The van der Waals surface area contributed by atoms with E-state index in [2.05, 4.69) is 15.0 Å². The van der Waals surface area contributed by atoms with E-state index >= 15 is 0 Å². The number of carbonyl (C=O) groups excluding carboxylic acids is 1. The number of hydrogen-bond donors (Lipinski definition) is 3. The molecule has 0 unspecified atom stereocenters. The van der Waals surface area contributed by atoms with Crippen LogP contribution in [0, 0.1) is 5.92 Å². The third-order valence-corrected chi connectivity index (χ3v) is 7.30. The highest BCUT2D eigenvalue weighted by Crippen LogP contribution is 2.60. The Labute approximate surface area is 206 Å². The summed E-state index contributed by atoms with van der Waals surface area (Å²) in [5, 5.41) is 0. The fourth-order valence-electron chi connectivity index (χ4n) is 4.39. The van der Waals surface area contributed by atoms with Crippen molar-refractivity contribution in [1.82, 2.24) is 19.5 Å². The van der Waals surface area contributed by atoms with E-state index in [1.54, 1.807) is 48.7 Å². The average molecular weight is 521 g/mol. The Morgan fingerprint density at radius 3 is 2.53 bits per heavy atom. The van der Waals surface area contributed by atoms with Crippen LogP contribution in [-0.4, -0.2) is 66.7 Å². The van der Waals surface area contributed by atoms with Crippen LogP contribution >= 0.6 is 7.60 Å². The first-order chi connectivity index (χ1) is 17.2. The van der Waals surface area contributed by atoms with Gasteiger partial charge in [0.25, 0.3) is 5.53 Å². The van der Waals surface area contributed by atoms with Crippen LogP contribution in [0.4, 0.5) is 5.82 Å². The van der Waals surface area contributed by atoms with Crippen LogP contribution in [0.1, 0.15) is 36.9 Å². The highest BCUT2D eigenvalue weighted by molar-refractivity contribution is 7.53. The van der Waals surface area contributed by atoms with E-state index < -0.39 is 37.3 Å². The van der Waals surface area contributed by atoms with Crippen molar-refractivity contribution >= 4 is 30.5 Å². The molecule has 1 fully saturated rings. The number of aromatic nitrogens is 4. The van der Waals surface area contributed by atoms with Crippen molar-refractivity contribution in [2.75, 3.05) is 25.6 Å². The number of ether oxygens (including phenoxy) is 4. The molecule has 1 aromatic carbocycles. The second-order valence-electron chi connectivity index (χ2n) is 8.06. The normalized spacial score (nSPS) is 20.6. The van der Waals surface area contributed by atoms with Gasteiger partial charge < -0.3 is 34.5 Å². The van der Waals surface area contributed by atoms with Gasteiger partial charge in [-0.1, -0.05) is 18.2 Å². The van der Waals surface area contributed by atoms with Crippen molar-refractivity contribution in [3.63, 3.8) is 0 Å². The predicted molar refractivity (Wildman–Crippen MR) is 127 cm³/mol. The number of imidazole rings is 1. The second-order valence-corrected chi connectivity index (χ2v) is 9.77. The molecule has 2 aromatic heterocycles. The lowest BCUT2D eigenvalue weighted by atomic mass is 9.99. The van der Waals surface area contributed by atoms with Crippen LogP contribution in [0.25, 0.3) is 11.2 Å². The van der Waals surface area contributed by atoms with Crippen molar-refractivity contribution in [3.8, 4) is 0 Å². The number of benzene rings is 1. The van der Waals surface area contributed by atoms with Gasteiger partial charge in [0.05, 0.1) is 17.8 Å². The third kappa shape index (κ3) is 4.85. The molecule has 3 heterocycles. The first-order valence-electron chi connectivity index (χ1n) is 11.4. The molecule has 3 atom stereocenters. The van der Waals surface area contributed by atoms with Crippen LogP contribution in [0.5, 0.6) is 0 Å². The second kappa shape index (κ2) is 10.6. The molecule has 3 aromatic rings. The molecule has 4 N–H and O–H groups in total. The molecule has 1 saturated heterocycles. The minimum absolute atomic E-state index is 0.0357. The lowest BCUT2D eigenvalue weighted by molar-refractivity contribution is -0.225. The number of hydrogen-bond acceptors (Lipinski definition) is 10. The molecule has 0 bridgehead atoms. The Bertz CT molecular complexity index is 1240. The molecule has 1 aliphatic rings. The molecule has 0 radical (unpaired) electrons. The van der Waals surface area contributed by atoms with Crippen molar-refractivity contribution in [2.24, 2.45) is 5.92 Å². The van der Waals surface area contributed by atoms with Crippen LogP contribution in [-0.2, 0) is 23.5 Å². The molecule has 1 aliphatic heterocycles. The summed E-state index contributed by atoms with van der Waals surface area (Å²) in [5.41, 5.74) is 4.63. The smallest absolute Gasteiger partial charge is 0.385 e. The van der Waals surface area contributed by atoms with Crippen molar-refractivity contribution in [3.05, 3.63) is 48.5 Å². The van der Waals surface area contributed by atoms with Crippen LogP contribution < -0.4 is 5.73 Å². The van der Waals surface area contributed by atoms with E-state index in [0.717, 1.165) is 0 Å². The lowest BCUT2D eigenvalue weighted by Crippen LogP contribution is -2.48. The molecule has 14 heteroatoms. The number of rotatable bonds is 10. The number of esters is 1. The topological polar surface area (TPSA) is 181 Å². The summed E-state index contributed by atoms with van der Waals surface area (Å²) in [4.78, 5) is 45.8. The van der Waals surface area contributed by atoms with E-state index in [-0.39, 0.29) is 32.1 Å². The van der Waals surface area contributed by atoms with Gasteiger partial charge >= 0.3 is 13.6 Å². The first-order valence-corrected chi connectivity index (χ1v) is 13.0. The van der Waals surface area contributed by atoms with Gasteiger partial charge in [-0.05, 0) is 26.0 Å².